The normalized spacial score (nSPS) is 21.2. The van der Waals surface area contributed by atoms with E-state index in [-0.39, 0.29) is 6.54 Å². The third-order valence-electron chi connectivity index (χ3n) is 2.68. The summed E-state index contributed by atoms with van der Waals surface area (Å²) in [5, 5.41) is 0. The van der Waals surface area contributed by atoms with Crippen LogP contribution in [-0.2, 0) is 0 Å². The van der Waals surface area contributed by atoms with Crippen LogP contribution in [0.5, 0.6) is 0 Å². The van der Waals surface area contributed by atoms with Crippen molar-refractivity contribution >= 4 is 0 Å². The summed E-state index contributed by atoms with van der Waals surface area (Å²) in [6, 6.07) is 0. The van der Waals surface area contributed by atoms with Gasteiger partial charge in [-0.15, -0.1) is 0 Å². The fourth-order valence-corrected chi connectivity index (χ4v) is 1.89. The number of alkyl halides is 2. The minimum atomic E-state index is -2.19. The molecule has 4 heteroatoms. The molecule has 1 heterocycles. The number of nitrogens with zero attached hydrogens (tertiary/aromatic N) is 1. The fraction of sp³-hybridized carbons (Fsp3) is 1.00. The Labute approximate surface area is 78.1 Å². The second-order valence-corrected chi connectivity index (χ2v) is 3.71. The molecule has 1 rings (SSSR count). The highest BCUT2D eigenvalue weighted by Crippen LogP contribution is 2.20. The number of likely N-dealkylation sites (tertiary alicyclic amines) is 1. The van der Waals surface area contributed by atoms with Crippen molar-refractivity contribution in [3.05, 3.63) is 0 Å². The van der Waals surface area contributed by atoms with Gasteiger partial charge in [-0.25, -0.2) is 8.78 Å². The van der Waals surface area contributed by atoms with Gasteiger partial charge < -0.3 is 5.73 Å². The van der Waals surface area contributed by atoms with Gasteiger partial charge in [0.25, 0.3) is 6.43 Å². The van der Waals surface area contributed by atoms with Crippen LogP contribution in [0, 0.1) is 5.92 Å². The lowest BCUT2D eigenvalue weighted by molar-refractivity contribution is 0.0684. The van der Waals surface area contributed by atoms with Gasteiger partial charge in [0.05, 0.1) is 6.54 Å². The molecule has 0 unspecified atom stereocenters. The van der Waals surface area contributed by atoms with Crippen LogP contribution in [0.4, 0.5) is 8.78 Å². The Balaban J connectivity index is 2.15. The highest BCUT2D eigenvalue weighted by atomic mass is 19.3. The van der Waals surface area contributed by atoms with E-state index in [1.54, 1.807) is 0 Å². The van der Waals surface area contributed by atoms with Gasteiger partial charge in [-0.2, -0.15) is 0 Å². The predicted molar refractivity (Wildman–Crippen MR) is 48.8 cm³/mol. The first-order valence-corrected chi connectivity index (χ1v) is 4.93. The number of hydrogen-bond acceptors (Lipinski definition) is 2. The van der Waals surface area contributed by atoms with Gasteiger partial charge in [-0.1, -0.05) is 0 Å². The van der Waals surface area contributed by atoms with Crippen LogP contribution in [0.3, 0.4) is 0 Å². The molecule has 2 nitrogen and oxygen atoms in total. The van der Waals surface area contributed by atoms with E-state index in [2.05, 4.69) is 0 Å². The molecule has 0 aromatic carbocycles. The van der Waals surface area contributed by atoms with Gasteiger partial charge in [-0.05, 0) is 44.8 Å². The zero-order valence-electron chi connectivity index (χ0n) is 7.88. The second kappa shape index (κ2) is 5.50. The van der Waals surface area contributed by atoms with Crippen LogP contribution in [0.1, 0.15) is 19.3 Å². The van der Waals surface area contributed by atoms with Crippen molar-refractivity contribution in [3.63, 3.8) is 0 Å². The first-order chi connectivity index (χ1) is 6.22. The van der Waals surface area contributed by atoms with E-state index < -0.39 is 6.43 Å². The number of rotatable bonds is 4. The lowest BCUT2D eigenvalue weighted by Gasteiger charge is -2.31. The summed E-state index contributed by atoms with van der Waals surface area (Å²) in [5.74, 6) is 0.666. The van der Waals surface area contributed by atoms with Gasteiger partial charge >= 0.3 is 0 Å². The molecule has 1 fully saturated rings. The van der Waals surface area contributed by atoms with Crippen molar-refractivity contribution in [2.24, 2.45) is 11.7 Å². The van der Waals surface area contributed by atoms with Gasteiger partial charge in [0.15, 0.2) is 0 Å². The minimum Gasteiger partial charge on any atom is -0.330 e. The number of piperidine rings is 1. The second-order valence-electron chi connectivity index (χ2n) is 3.71. The summed E-state index contributed by atoms with van der Waals surface area (Å²) in [6.45, 7) is 2.29. The van der Waals surface area contributed by atoms with E-state index in [0.717, 1.165) is 38.9 Å². The predicted octanol–water partition coefficient (Wildman–Crippen LogP) is 1.31. The van der Waals surface area contributed by atoms with E-state index in [1.807, 2.05) is 4.90 Å². The topological polar surface area (TPSA) is 29.3 Å². The quantitative estimate of drug-likeness (QED) is 0.727. The smallest absolute Gasteiger partial charge is 0.251 e. The molecular weight excluding hydrogens is 174 g/mol. The Morgan fingerprint density at radius 2 is 1.92 bits per heavy atom. The van der Waals surface area contributed by atoms with E-state index in [0.29, 0.717) is 5.92 Å². The van der Waals surface area contributed by atoms with Gasteiger partial charge in [0, 0.05) is 0 Å². The largest absolute Gasteiger partial charge is 0.330 e. The van der Waals surface area contributed by atoms with Crippen LogP contribution in [-0.4, -0.2) is 37.5 Å². The van der Waals surface area contributed by atoms with Gasteiger partial charge in [0.1, 0.15) is 0 Å². The molecule has 2 N–H and O–H groups in total. The summed E-state index contributed by atoms with van der Waals surface area (Å²) in [4.78, 5) is 1.84. The van der Waals surface area contributed by atoms with Crippen molar-refractivity contribution in [2.45, 2.75) is 25.7 Å². The Hall–Kier alpha value is -0.220. The Kier molecular flexibility index (Phi) is 4.59. The fourth-order valence-electron chi connectivity index (χ4n) is 1.89. The molecule has 0 radical (unpaired) electrons. The first kappa shape index (κ1) is 10.9. The van der Waals surface area contributed by atoms with Crippen LogP contribution >= 0.6 is 0 Å². The number of nitrogens with two attached hydrogens (primary N) is 1. The average Bonchev–Trinajstić information content (AvgIpc) is 2.08. The van der Waals surface area contributed by atoms with E-state index in [1.165, 1.54) is 0 Å². The number of hydrogen-bond donors (Lipinski definition) is 1. The molecular formula is C9H18F2N2. The van der Waals surface area contributed by atoms with Crippen molar-refractivity contribution in [1.82, 2.24) is 4.90 Å². The Morgan fingerprint density at radius 3 is 2.38 bits per heavy atom. The van der Waals surface area contributed by atoms with Crippen molar-refractivity contribution in [1.29, 1.82) is 0 Å². The summed E-state index contributed by atoms with van der Waals surface area (Å²) >= 11 is 0. The summed E-state index contributed by atoms with van der Waals surface area (Å²) in [5.41, 5.74) is 5.44. The summed E-state index contributed by atoms with van der Waals surface area (Å²) < 4.78 is 24.0. The maximum Gasteiger partial charge on any atom is 0.251 e. The maximum absolute atomic E-state index is 12.0. The highest BCUT2D eigenvalue weighted by Gasteiger charge is 2.20. The molecule has 0 saturated carbocycles. The van der Waals surface area contributed by atoms with Crippen LogP contribution in [0.15, 0.2) is 0 Å². The zero-order chi connectivity index (χ0) is 9.68. The summed E-state index contributed by atoms with van der Waals surface area (Å²) in [6.07, 6.45) is 0.919. The van der Waals surface area contributed by atoms with E-state index in [4.69, 9.17) is 5.73 Å². The van der Waals surface area contributed by atoms with E-state index >= 15 is 0 Å². The van der Waals surface area contributed by atoms with Crippen LogP contribution in [0.25, 0.3) is 0 Å². The molecule has 0 spiro atoms. The van der Waals surface area contributed by atoms with E-state index in [9.17, 15) is 8.78 Å². The summed E-state index contributed by atoms with van der Waals surface area (Å²) in [7, 11) is 0. The lowest BCUT2D eigenvalue weighted by Crippen LogP contribution is -2.37. The van der Waals surface area contributed by atoms with Crippen LogP contribution < -0.4 is 5.73 Å². The minimum absolute atomic E-state index is 0.0602. The molecule has 1 aliphatic heterocycles. The van der Waals surface area contributed by atoms with Crippen molar-refractivity contribution < 1.29 is 8.78 Å². The van der Waals surface area contributed by atoms with Gasteiger partial charge in [-0.3, -0.25) is 4.90 Å². The monoisotopic (exact) mass is 192 g/mol. The maximum atomic E-state index is 12.0. The number of halogens is 2. The molecule has 0 bridgehead atoms. The SMILES string of the molecule is NCCC1CCN(CC(F)F)CC1. The third-order valence-corrected chi connectivity index (χ3v) is 2.68. The van der Waals surface area contributed by atoms with Crippen molar-refractivity contribution in [2.75, 3.05) is 26.2 Å². The molecule has 0 atom stereocenters. The zero-order valence-corrected chi connectivity index (χ0v) is 7.88. The molecule has 0 aromatic heterocycles. The first-order valence-electron chi connectivity index (χ1n) is 4.93. The molecule has 78 valence electrons. The molecule has 13 heavy (non-hydrogen) atoms. The Bertz CT molecular complexity index is 134. The molecule has 1 saturated heterocycles. The van der Waals surface area contributed by atoms with Crippen LogP contribution in [0.2, 0.25) is 0 Å². The molecule has 0 aromatic rings. The Morgan fingerprint density at radius 1 is 1.31 bits per heavy atom. The highest BCUT2D eigenvalue weighted by molar-refractivity contribution is 4.72. The molecule has 0 amide bonds. The van der Waals surface area contributed by atoms with Gasteiger partial charge in [0.2, 0.25) is 0 Å². The third kappa shape index (κ3) is 4.00. The lowest BCUT2D eigenvalue weighted by atomic mass is 9.94. The molecule has 0 aliphatic carbocycles. The van der Waals surface area contributed by atoms with Crippen molar-refractivity contribution in [3.8, 4) is 0 Å². The molecule has 1 aliphatic rings. The standard InChI is InChI=1S/C9H18F2N2/c10-9(11)7-13-5-2-8(1-4-12)3-6-13/h8-9H,1-7,12H2. The average molecular weight is 192 g/mol.